The van der Waals surface area contributed by atoms with E-state index >= 15 is 0 Å². The van der Waals surface area contributed by atoms with Crippen molar-refractivity contribution in [3.63, 3.8) is 0 Å². The van der Waals surface area contributed by atoms with Crippen LogP contribution in [0.25, 0.3) is 0 Å². The highest BCUT2D eigenvalue weighted by molar-refractivity contribution is 9.10. The summed E-state index contributed by atoms with van der Waals surface area (Å²) < 4.78 is 6.73. The molecule has 0 heterocycles. The molecule has 4 heteroatoms. The Morgan fingerprint density at radius 2 is 2.29 bits per heavy atom. The van der Waals surface area contributed by atoms with E-state index in [4.69, 9.17) is 16.3 Å². The molecule has 1 saturated carbocycles. The molecule has 0 amide bonds. The Bertz CT molecular complexity index is 404. The van der Waals surface area contributed by atoms with Crippen molar-refractivity contribution in [1.82, 2.24) is 5.32 Å². The normalized spacial score (nSPS) is 15.4. The molecule has 0 saturated heterocycles. The fourth-order valence-corrected chi connectivity index (χ4v) is 2.02. The van der Waals surface area contributed by atoms with Crippen molar-refractivity contribution in [2.45, 2.75) is 25.4 Å². The maximum Gasteiger partial charge on any atom is 0.124 e. The maximum atomic E-state index is 5.65. The van der Waals surface area contributed by atoms with Gasteiger partial charge in [0.2, 0.25) is 0 Å². The lowest BCUT2D eigenvalue weighted by atomic mass is 10.2. The van der Waals surface area contributed by atoms with Crippen LogP contribution >= 0.6 is 27.5 Å². The molecule has 92 valence electrons. The van der Waals surface area contributed by atoms with E-state index in [9.17, 15) is 0 Å². The molecule has 1 aromatic rings. The Hall–Kier alpha value is -0.510. The summed E-state index contributed by atoms with van der Waals surface area (Å²) in [5.74, 6) is 0.913. The second-order valence-corrected chi connectivity index (χ2v) is 5.25. The number of rotatable bonds is 6. The fourth-order valence-electron chi connectivity index (χ4n) is 1.54. The van der Waals surface area contributed by atoms with Crippen molar-refractivity contribution in [1.29, 1.82) is 0 Å². The lowest BCUT2D eigenvalue weighted by Crippen LogP contribution is -2.16. The fraction of sp³-hybridized carbons (Fsp3) is 0.385. The van der Waals surface area contributed by atoms with Crippen molar-refractivity contribution in [3.8, 4) is 5.75 Å². The predicted octanol–water partition coefficient (Wildman–Crippen LogP) is 3.83. The van der Waals surface area contributed by atoms with Gasteiger partial charge in [0.25, 0.3) is 0 Å². The Morgan fingerprint density at radius 3 is 3.00 bits per heavy atom. The molecule has 0 spiro atoms. The predicted molar refractivity (Wildman–Crippen MR) is 74.5 cm³/mol. The highest BCUT2D eigenvalue weighted by Crippen LogP contribution is 2.25. The smallest absolute Gasteiger partial charge is 0.124 e. The first-order valence-electron chi connectivity index (χ1n) is 5.69. The molecular weight excluding hydrogens is 302 g/mol. The van der Waals surface area contributed by atoms with Gasteiger partial charge >= 0.3 is 0 Å². The zero-order chi connectivity index (χ0) is 12.1. The third-order valence-corrected chi connectivity index (χ3v) is 3.28. The van der Waals surface area contributed by atoms with Gasteiger partial charge in [-0.25, -0.2) is 0 Å². The van der Waals surface area contributed by atoms with Crippen LogP contribution in [0, 0.1) is 0 Å². The van der Waals surface area contributed by atoms with Gasteiger partial charge in [-0.15, -0.1) is 0 Å². The topological polar surface area (TPSA) is 21.3 Å². The van der Waals surface area contributed by atoms with Crippen molar-refractivity contribution in [3.05, 3.63) is 39.8 Å². The summed E-state index contributed by atoms with van der Waals surface area (Å²) in [5.41, 5.74) is 2.65. The molecule has 2 nitrogen and oxygen atoms in total. The van der Waals surface area contributed by atoms with Crippen LogP contribution in [0.2, 0.25) is 0 Å². The van der Waals surface area contributed by atoms with Crippen LogP contribution in [0.5, 0.6) is 5.75 Å². The van der Waals surface area contributed by atoms with Gasteiger partial charge in [0.05, 0.1) is 0 Å². The van der Waals surface area contributed by atoms with E-state index in [0.717, 1.165) is 16.8 Å². The van der Waals surface area contributed by atoms with E-state index < -0.39 is 0 Å². The van der Waals surface area contributed by atoms with Crippen molar-refractivity contribution >= 4 is 27.5 Å². The number of benzene rings is 1. The molecule has 1 aliphatic rings. The first kappa shape index (κ1) is 12.9. The second kappa shape index (κ2) is 6.43. The van der Waals surface area contributed by atoms with Crippen molar-refractivity contribution in [2.75, 3.05) is 6.61 Å². The third kappa shape index (κ3) is 4.34. The third-order valence-electron chi connectivity index (χ3n) is 2.61. The van der Waals surface area contributed by atoms with E-state index in [2.05, 4.69) is 27.3 Å². The molecule has 0 bridgehead atoms. The van der Waals surface area contributed by atoms with Crippen LogP contribution in [0.1, 0.15) is 18.4 Å². The summed E-state index contributed by atoms with van der Waals surface area (Å²) in [6, 6.07) is 6.76. The first-order chi connectivity index (χ1) is 8.29. The average Bonchev–Trinajstić information content (AvgIpc) is 3.13. The summed E-state index contributed by atoms with van der Waals surface area (Å²) in [4.78, 5) is 0. The Morgan fingerprint density at radius 1 is 1.47 bits per heavy atom. The minimum atomic E-state index is 0.502. The van der Waals surface area contributed by atoms with Gasteiger partial charge in [-0.1, -0.05) is 27.5 Å². The van der Waals surface area contributed by atoms with E-state index in [-0.39, 0.29) is 0 Å². The molecule has 2 rings (SSSR count). The highest BCUT2D eigenvalue weighted by atomic mass is 79.9. The lowest BCUT2D eigenvalue weighted by molar-refractivity contribution is 0.357. The molecule has 0 unspecified atom stereocenters. The van der Waals surface area contributed by atoms with Crippen LogP contribution in [0.15, 0.2) is 34.3 Å². The van der Waals surface area contributed by atoms with Crippen LogP contribution in [-0.2, 0) is 6.54 Å². The SMILES string of the molecule is Cl/C=C/COc1ccc(Br)cc1CNC1CC1. The van der Waals surface area contributed by atoms with E-state index in [1.54, 1.807) is 6.08 Å². The molecule has 0 aliphatic heterocycles. The number of hydrogen-bond acceptors (Lipinski definition) is 2. The summed E-state index contributed by atoms with van der Waals surface area (Å²) in [7, 11) is 0. The van der Waals surface area contributed by atoms with Gasteiger partial charge in [0.15, 0.2) is 0 Å². The van der Waals surface area contributed by atoms with Gasteiger partial charge in [0.1, 0.15) is 12.4 Å². The van der Waals surface area contributed by atoms with Crippen molar-refractivity contribution in [2.24, 2.45) is 0 Å². The molecule has 17 heavy (non-hydrogen) atoms. The van der Waals surface area contributed by atoms with Gasteiger partial charge in [0, 0.05) is 28.2 Å². The summed E-state index contributed by atoms with van der Waals surface area (Å²) in [6.07, 6.45) is 4.36. The van der Waals surface area contributed by atoms with Gasteiger partial charge in [-0.2, -0.15) is 0 Å². The standard InChI is InChI=1S/C13H15BrClNO/c14-11-2-5-13(17-7-1-6-15)10(8-11)9-16-12-3-4-12/h1-2,5-6,8,12,16H,3-4,7,9H2/b6-1+. The summed E-state index contributed by atoms with van der Waals surface area (Å²) in [5, 5.41) is 3.49. The zero-order valence-electron chi connectivity index (χ0n) is 9.46. The molecule has 0 radical (unpaired) electrons. The summed E-state index contributed by atoms with van der Waals surface area (Å²) >= 11 is 8.95. The van der Waals surface area contributed by atoms with Crippen LogP contribution < -0.4 is 10.1 Å². The summed E-state index contributed by atoms with van der Waals surface area (Å²) in [6.45, 7) is 1.35. The van der Waals surface area contributed by atoms with Gasteiger partial charge < -0.3 is 10.1 Å². The Labute approximate surface area is 115 Å². The first-order valence-corrected chi connectivity index (χ1v) is 6.92. The quantitative estimate of drug-likeness (QED) is 0.861. The van der Waals surface area contributed by atoms with E-state index in [1.165, 1.54) is 23.9 Å². The molecule has 1 aliphatic carbocycles. The number of halogens is 2. The number of ether oxygens (including phenoxy) is 1. The number of nitrogens with one attached hydrogen (secondary N) is 1. The zero-order valence-corrected chi connectivity index (χ0v) is 11.8. The molecule has 0 atom stereocenters. The Kier molecular flexibility index (Phi) is 4.89. The van der Waals surface area contributed by atoms with Gasteiger partial charge in [-0.05, 0) is 37.1 Å². The average molecular weight is 317 g/mol. The molecule has 1 aromatic carbocycles. The highest BCUT2D eigenvalue weighted by Gasteiger charge is 2.20. The number of hydrogen-bond donors (Lipinski definition) is 1. The monoisotopic (exact) mass is 315 g/mol. The Balaban J connectivity index is 2.00. The minimum absolute atomic E-state index is 0.502. The van der Waals surface area contributed by atoms with Gasteiger partial charge in [-0.3, -0.25) is 0 Å². The lowest BCUT2D eigenvalue weighted by Gasteiger charge is -2.11. The molecule has 1 fully saturated rings. The van der Waals surface area contributed by atoms with Crippen LogP contribution in [0.3, 0.4) is 0 Å². The second-order valence-electron chi connectivity index (χ2n) is 4.08. The molecule has 0 aromatic heterocycles. The van der Waals surface area contributed by atoms with Crippen LogP contribution in [-0.4, -0.2) is 12.6 Å². The van der Waals surface area contributed by atoms with Crippen LogP contribution in [0.4, 0.5) is 0 Å². The maximum absolute atomic E-state index is 5.65. The molecule has 1 N–H and O–H groups in total. The van der Waals surface area contributed by atoms with Crippen molar-refractivity contribution < 1.29 is 4.74 Å². The minimum Gasteiger partial charge on any atom is -0.489 e. The van der Waals surface area contributed by atoms with E-state index in [0.29, 0.717) is 12.6 Å². The molecular formula is C13H15BrClNO. The van der Waals surface area contributed by atoms with E-state index in [1.807, 2.05) is 12.1 Å². The largest absolute Gasteiger partial charge is 0.489 e.